The Morgan fingerprint density at radius 2 is 1.62 bits per heavy atom. The van der Waals surface area contributed by atoms with Gasteiger partial charge in [0.1, 0.15) is 0 Å². The van der Waals surface area contributed by atoms with Gasteiger partial charge in [-0.25, -0.2) is 0 Å². The molecular formula is C18H20N2O4. The molecular weight excluding hydrogens is 308 g/mol. The summed E-state index contributed by atoms with van der Waals surface area (Å²) in [7, 11) is 0. The molecule has 0 fully saturated rings. The van der Waals surface area contributed by atoms with Crippen molar-refractivity contribution in [3.05, 3.63) is 75.3 Å². The second-order valence-corrected chi connectivity index (χ2v) is 5.85. The first kappa shape index (κ1) is 17.6. The Bertz CT molecular complexity index is 709. The van der Waals surface area contributed by atoms with Crippen molar-refractivity contribution < 1.29 is 14.8 Å². The van der Waals surface area contributed by atoms with Crippen LogP contribution >= 0.6 is 0 Å². The zero-order valence-electron chi connectivity index (χ0n) is 13.6. The third-order valence-corrected chi connectivity index (χ3v) is 3.78. The summed E-state index contributed by atoms with van der Waals surface area (Å²) in [6.45, 7) is 4.25. The summed E-state index contributed by atoms with van der Waals surface area (Å²) < 4.78 is 0. The zero-order chi connectivity index (χ0) is 17.7. The normalized spacial score (nSPS) is 12.0. The lowest BCUT2D eigenvalue weighted by atomic mass is 10.00. The minimum atomic E-state index is -0.812. The molecule has 6 nitrogen and oxygen atoms in total. The maximum absolute atomic E-state index is 12.0. The molecule has 2 aromatic rings. The largest absolute Gasteiger partial charge is 0.387 e. The maximum Gasteiger partial charge on any atom is 0.269 e. The number of hydrogen-bond acceptors (Lipinski definition) is 4. The molecule has 0 aliphatic carbocycles. The molecule has 0 aliphatic heterocycles. The molecule has 126 valence electrons. The van der Waals surface area contributed by atoms with Crippen LogP contribution in [-0.2, 0) is 0 Å². The van der Waals surface area contributed by atoms with Crippen LogP contribution in [0.15, 0.2) is 48.5 Å². The van der Waals surface area contributed by atoms with E-state index in [9.17, 15) is 20.0 Å². The highest BCUT2D eigenvalue weighted by Crippen LogP contribution is 2.18. The van der Waals surface area contributed by atoms with Crippen LogP contribution in [-0.4, -0.2) is 22.5 Å². The van der Waals surface area contributed by atoms with E-state index in [1.807, 2.05) is 24.3 Å². The van der Waals surface area contributed by atoms with Crippen molar-refractivity contribution in [2.24, 2.45) is 0 Å². The highest BCUT2D eigenvalue weighted by atomic mass is 16.6. The van der Waals surface area contributed by atoms with E-state index < -0.39 is 11.0 Å². The first-order valence-corrected chi connectivity index (χ1v) is 7.69. The molecule has 0 heterocycles. The molecule has 0 saturated heterocycles. The van der Waals surface area contributed by atoms with E-state index in [0.29, 0.717) is 11.5 Å². The quantitative estimate of drug-likeness (QED) is 0.629. The Morgan fingerprint density at radius 1 is 1.08 bits per heavy atom. The van der Waals surface area contributed by atoms with Crippen LogP contribution in [0.1, 0.15) is 47.4 Å². The van der Waals surface area contributed by atoms with Gasteiger partial charge in [0.2, 0.25) is 0 Å². The minimum absolute atomic E-state index is 0.0663. The lowest BCUT2D eigenvalue weighted by molar-refractivity contribution is -0.384. The fourth-order valence-electron chi connectivity index (χ4n) is 2.25. The van der Waals surface area contributed by atoms with Gasteiger partial charge in [0.15, 0.2) is 0 Å². The van der Waals surface area contributed by atoms with E-state index in [2.05, 4.69) is 19.2 Å². The predicted molar refractivity (Wildman–Crippen MR) is 90.9 cm³/mol. The molecule has 0 saturated carbocycles. The average molecular weight is 328 g/mol. The van der Waals surface area contributed by atoms with Crippen LogP contribution in [0, 0.1) is 10.1 Å². The summed E-state index contributed by atoms with van der Waals surface area (Å²) in [5.41, 5.74) is 2.14. The summed E-state index contributed by atoms with van der Waals surface area (Å²) in [5.74, 6) is 0.0285. The molecule has 1 amide bonds. The molecule has 2 N–H and O–H groups in total. The monoisotopic (exact) mass is 328 g/mol. The number of carbonyl (C=O) groups excluding carboxylic acids is 1. The van der Waals surface area contributed by atoms with E-state index in [0.717, 1.165) is 5.56 Å². The Labute approximate surface area is 140 Å². The third kappa shape index (κ3) is 4.39. The van der Waals surface area contributed by atoms with Crippen LogP contribution in [0.2, 0.25) is 0 Å². The van der Waals surface area contributed by atoms with Crippen LogP contribution in [0.3, 0.4) is 0 Å². The number of nitro benzene ring substituents is 1. The number of carbonyl (C=O) groups is 1. The first-order valence-electron chi connectivity index (χ1n) is 7.69. The molecule has 0 aromatic heterocycles. The minimum Gasteiger partial charge on any atom is -0.387 e. The first-order chi connectivity index (χ1) is 11.4. The number of benzene rings is 2. The second kappa shape index (κ2) is 7.70. The number of nitrogens with one attached hydrogen (secondary N) is 1. The van der Waals surface area contributed by atoms with E-state index in [4.69, 9.17) is 0 Å². The van der Waals surface area contributed by atoms with Crippen LogP contribution < -0.4 is 5.32 Å². The highest BCUT2D eigenvalue weighted by Gasteiger charge is 2.12. The Balaban J connectivity index is 1.94. The molecule has 0 bridgehead atoms. The van der Waals surface area contributed by atoms with Gasteiger partial charge in [0.05, 0.1) is 11.0 Å². The second-order valence-electron chi connectivity index (χ2n) is 5.85. The number of aliphatic hydroxyl groups is 1. The molecule has 0 spiro atoms. The fraction of sp³-hybridized carbons (Fsp3) is 0.278. The highest BCUT2D eigenvalue weighted by molar-refractivity contribution is 5.94. The van der Waals surface area contributed by atoms with Crippen LogP contribution in [0.5, 0.6) is 0 Å². The number of hydrogen-bond donors (Lipinski definition) is 2. The van der Waals surface area contributed by atoms with Gasteiger partial charge in [0, 0.05) is 24.2 Å². The summed E-state index contributed by atoms with van der Waals surface area (Å²) >= 11 is 0. The third-order valence-electron chi connectivity index (χ3n) is 3.78. The number of non-ortho nitro benzene ring substituents is 1. The summed E-state index contributed by atoms with van der Waals surface area (Å²) in [6, 6.07) is 12.9. The number of nitro groups is 1. The molecule has 2 aromatic carbocycles. The number of amides is 1. The summed E-state index contributed by atoms with van der Waals surface area (Å²) in [5, 5.41) is 23.4. The SMILES string of the molecule is CC(C)c1ccc(C(O)CNC(=O)c2ccc([N+](=O)[O-])cc2)cc1. The van der Waals surface area contributed by atoms with Crippen molar-refractivity contribution >= 4 is 11.6 Å². The molecule has 1 unspecified atom stereocenters. The van der Waals surface area contributed by atoms with E-state index in [1.165, 1.54) is 29.8 Å². The Hall–Kier alpha value is -2.73. The lowest BCUT2D eigenvalue weighted by Crippen LogP contribution is -2.28. The smallest absolute Gasteiger partial charge is 0.269 e. The van der Waals surface area contributed by atoms with E-state index in [-0.39, 0.29) is 18.1 Å². The standard InChI is InChI=1S/C18H20N2O4/c1-12(2)13-3-5-14(6-4-13)17(21)11-19-18(22)15-7-9-16(10-8-15)20(23)24/h3-10,12,17,21H,11H2,1-2H3,(H,19,22). The van der Waals surface area contributed by atoms with Crippen molar-refractivity contribution in [1.29, 1.82) is 0 Å². The average Bonchev–Trinajstić information content (AvgIpc) is 2.59. The molecule has 1 atom stereocenters. The molecule has 0 radical (unpaired) electrons. The van der Waals surface area contributed by atoms with Crippen LogP contribution in [0.4, 0.5) is 5.69 Å². The van der Waals surface area contributed by atoms with Gasteiger partial charge >= 0.3 is 0 Å². The van der Waals surface area contributed by atoms with Crippen molar-refractivity contribution in [2.45, 2.75) is 25.9 Å². The van der Waals surface area contributed by atoms with E-state index in [1.54, 1.807) is 0 Å². The topological polar surface area (TPSA) is 92.5 Å². The van der Waals surface area contributed by atoms with Gasteiger partial charge < -0.3 is 10.4 Å². The van der Waals surface area contributed by atoms with Crippen LogP contribution in [0.25, 0.3) is 0 Å². The lowest BCUT2D eigenvalue weighted by Gasteiger charge is -2.13. The fourth-order valence-corrected chi connectivity index (χ4v) is 2.25. The van der Waals surface area contributed by atoms with Crippen molar-refractivity contribution in [1.82, 2.24) is 5.32 Å². The van der Waals surface area contributed by atoms with Gasteiger partial charge in [-0.2, -0.15) is 0 Å². The Kier molecular flexibility index (Phi) is 5.65. The van der Waals surface area contributed by atoms with Gasteiger partial charge in [-0.3, -0.25) is 14.9 Å². The zero-order valence-corrected chi connectivity index (χ0v) is 13.6. The maximum atomic E-state index is 12.0. The molecule has 6 heteroatoms. The van der Waals surface area contributed by atoms with Gasteiger partial charge in [-0.05, 0) is 29.2 Å². The van der Waals surface area contributed by atoms with E-state index >= 15 is 0 Å². The van der Waals surface area contributed by atoms with Gasteiger partial charge in [-0.15, -0.1) is 0 Å². The number of aliphatic hydroxyl groups excluding tert-OH is 1. The Morgan fingerprint density at radius 3 is 2.12 bits per heavy atom. The molecule has 0 aliphatic rings. The van der Waals surface area contributed by atoms with Gasteiger partial charge in [-0.1, -0.05) is 38.1 Å². The predicted octanol–water partition coefficient (Wildman–Crippen LogP) is 3.18. The summed E-state index contributed by atoms with van der Waals surface area (Å²) in [6.07, 6.45) is -0.812. The van der Waals surface area contributed by atoms with Crippen molar-refractivity contribution in [2.75, 3.05) is 6.54 Å². The molecule has 24 heavy (non-hydrogen) atoms. The van der Waals surface area contributed by atoms with Gasteiger partial charge in [0.25, 0.3) is 11.6 Å². The van der Waals surface area contributed by atoms with Crippen molar-refractivity contribution in [3.8, 4) is 0 Å². The number of nitrogens with zero attached hydrogens (tertiary/aromatic N) is 1. The molecule has 2 rings (SSSR count). The summed E-state index contributed by atoms with van der Waals surface area (Å²) in [4.78, 5) is 22.1. The van der Waals surface area contributed by atoms with Crippen molar-refractivity contribution in [3.63, 3.8) is 0 Å². The number of rotatable bonds is 6.